The number of rotatable bonds is 4. The molecule has 0 bridgehead atoms. The van der Waals surface area contributed by atoms with Gasteiger partial charge in [0, 0.05) is 5.92 Å². The second-order valence-electron chi connectivity index (χ2n) is 4.74. The topological polar surface area (TPSA) is 65.4 Å². The Hall–Kier alpha value is -1.95. The number of ether oxygens (including phenoxy) is 1. The van der Waals surface area contributed by atoms with Crippen LogP contribution in [0.4, 0.5) is 0 Å². The Bertz CT molecular complexity index is 740. The standard InChI is InChI=1S/C15H17NO4S/c1-4-9(5-2)13(17)16-14(18)11-7-6-10(15(19)20-3)8-12(11)21-16/h6-9H,4-5H2,1-3H3. The maximum Gasteiger partial charge on any atom is 0.337 e. The maximum absolute atomic E-state index is 12.4. The van der Waals surface area contributed by atoms with Crippen molar-refractivity contribution in [3.8, 4) is 0 Å². The molecule has 0 spiro atoms. The van der Waals surface area contributed by atoms with Gasteiger partial charge in [-0.15, -0.1) is 0 Å². The summed E-state index contributed by atoms with van der Waals surface area (Å²) in [6.45, 7) is 3.86. The fraction of sp³-hybridized carbons (Fsp3) is 0.400. The molecule has 0 unspecified atom stereocenters. The normalized spacial score (nSPS) is 11.0. The molecule has 0 amide bonds. The first-order chi connectivity index (χ1) is 10.0. The summed E-state index contributed by atoms with van der Waals surface area (Å²) in [5.41, 5.74) is 0.0525. The van der Waals surface area contributed by atoms with Gasteiger partial charge >= 0.3 is 5.97 Å². The molecule has 2 rings (SSSR count). The smallest absolute Gasteiger partial charge is 0.337 e. The lowest BCUT2D eigenvalue weighted by Crippen LogP contribution is -2.27. The molecule has 112 valence electrons. The molecule has 0 N–H and O–H groups in total. The van der Waals surface area contributed by atoms with Crippen LogP contribution in [0.5, 0.6) is 0 Å². The summed E-state index contributed by atoms with van der Waals surface area (Å²) in [4.78, 5) is 36.2. The van der Waals surface area contributed by atoms with Crippen LogP contribution in [0.1, 0.15) is 41.8 Å². The van der Waals surface area contributed by atoms with Crippen molar-refractivity contribution in [2.24, 2.45) is 5.92 Å². The number of methoxy groups -OCH3 is 1. The van der Waals surface area contributed by atoms with Crippen molar-refractivity contribution < 1.29 is 14.3 Å². The van der Waals surface area contributed by atoms with Gasteiger partial charge < -0.3 is 4.74 Å². The lowest BCUT2D eigenvalue weighted by atomic mass is 10.0. The molecule has 1 heterocycles. The van der Waals surface area contributed by atoms with Gasteiger partial charge in [-0.1, -0.05) is 13.8 Å². The molecule has 0 fully saturated rings. The van der Waals surface area contributed by atoms with Crippen LogP contribution in [-0.4, -0.2) is 22.9 Å². The zero-order valence-corrected chi connectivity index (χ0v) is 13.0. The molecule has 0 saturated carbocycles. The van der Waals surface area contributed by atoms with Gasteiger partial charge in [0.2, 0.25) is 5.91 Å². The van der Waals surface area contributed by atoms with E-state index < -0.39 is 5.97 Å². The van der Waals surface area contributed by atoms with E-state index in [0.717, 1.165) is 11.5 Å². The van der Waals surface area contributed by atoms with Gasteiger partial charge in [0.25, 0.3) is 5.56 Å². The van der Waals surface area contributed by atoms with Crippen molar-refractivity contribution in [2.75, 3.05) is 7.11 Å². The average Bonchev–Trinajstić information content (AvgIpc) is 2.84. The lowest BCUT2D eigenvalue weighted by molar-refractivity contribution is 0.0600. The molecule has 21 heavy (non-hydrogen) atoms. The number of esters is 1. The van der Waals surface area contributed by atoms with Crippen LogP contribution < -0.4 is 5.56 Å². The number of hydrogen-bond acceptors (Lipinski definition) is 5. The van der Waals surface area contributed by atoms with Crippen molar-refractivity contribution in [3.63, 3.8) is 0 Å². The Morgan fingerprint density at radius 3 is 2.52 bits per heavy atom. The Morgan fingerprint density at radius 2 is 1.95 bits per heavy atom. The highest BCUT2D eigenvalue weighted by Gasteiger charge is 2.21. The van der Waals surface area contributed by atoms with E-state index in [1.54, 1.807) is 12.1 Å². The van der Waals surface area contributed by atoms with E-state index in [0.29, 0.717) is 28.5 Å². The zero-order chi connectivity index (χ0) is 15.6. The summed E-state index contributed by atoms with van der Waals surface area (Å²) in [5.74, 6) is -0.794. The van der Waals surface area contributed by atoms with Crippen molar-refractivity contribution >= 4 is 33.5 Å². The molecule has 5 nitrogen and oxygen atoms in total. The Labute approximate surface area is 126 Å². The first-order valence-corrected chi connectivity index (χ1v) is 7.59. The highest BCUT2D eigenvalue weighted by Crippen LogP contribution is 2.21. The van der Waals surface area contributed by atoms with Crippen LogP contribution in [-0.2, 0) is 4.74 Å². The largest absolute Gasteiger partial charge is 0.465 e. The summed E-state index contributed by atoms with van der Waals surface area (Å²) in [6, 6.07) is 4.69. The van der Waals surface area contributed by atoms with E-state index >= 15 is 0 Å². The van der Waals surface area contributed by atoms with Crippen LogP contribution in [0, 0.1) is 5.92 Å². The van der Waals surface area contributed by atoms with Gasteiger partial charge in [-0.25, -0.2) is 4.79 Å². The average molecular weight is 307 g/mol. The summed E-state index contributed by atoms with van der Waals surface area (Å²) >= 11 is 1.08. The quantitative estimate of drug-likeness (QED) is 0.815. The van der Waals surface area contributed by atoms with Gasteiger partial charge in [0.15, 0.2) is 0 Å². The third kappa shape index (κ3) is 2.76. The van der Waals surface area contributed by atoms with Crippen LogP contribution in [0.25, 0.3) is 10.1 Å². The van der Waals surface area contributed by atoms with E-state index in [2.05, 4.69) is 4.74 Å². The van der Waals surface area contributed by atoms with Crippen molar-refractivity contribution in [1.29, 1.82) is 0 Å². The predicted octanol–water partition coefficient (Wildman–Crippen LogP) is 2.93. The molecule has 0 saturated heterocycles. The second kappa shape index (κ2) is 6.22. The molecule has 0 atom stereocenters. The van der Waals surface area contributed by atoms with Crippen LogP contribution in [0.2, 0.25) is 0 Å². The number of hydrogen-bond donors (Lipinski definition) is 0. The molecule has 1 aromatic heterocycles. The minimum absolute atomic E-state index is 0.157. The van der Waals surface area contributed by atoms with Gasteiger partial charge in [0.05, 0.1) is 22.8 Å². The summed E-state index contributed by atoms with van der Waals surface area (Å²) in [6.07, 6.45) is 1.40. The van der Waals surface area contributed by atoms with Gasteiger partial charge in [-0.3, -0.25) is 9.59 Å². The third-order valence-electron chi connectivity index (χ3n) is 3.54. The number of aromatic nitrogens is 1. The summed E-state index contributed by atoms with van der Waals surface area (Å²) in [5, 5.41) is 0.451. The lowest BCUT2D eigenvalue weighted by Gasteiger charge is -2.09. The molecule has 0 aliphatic heterocycles. The molecule has 2 aromatic rings. The number of carbonyl (C=O) groups excluding carboxylic acids is 2. The molecule has 0 radical (unpaired) electrons. The van der Waals surface area contributed by atoms with Crippen molar-refractivity contribution in [2.45, 2.75) is 26.7 Å². The zero-order valence-electron chi connectivity index (χ0n) is 12.2. The van der Waals surface area contributed by atoms with Crippen LogP contribution >= 0.6 is 11.5 Å². The van der Waals surface area contributed by atoms with Gasteiger partial charge in [-0.05, 0) is 42.6 Å². The third-order valence-corrected chi connectivity index (χ3v) is 4.61. The molecule has 0 aliphatic carbocycles. The van der Waals surface area contributed by atoms with Crippen molar-refractivity contribution in [3.05, 3.63) is 34.1 Å². The number of benzene rings is 1. The van der Waals surface area contributed by atoms with E-state index in [1.807, 2.05) is 13.8 Å². The first kappa shape index (κ1) is 15.4. The summed E-state index contributed by atoms with van der Waals surface area (Å²) < 4.78 is 6.47. The van der Waals surface area contributed by atoms with Gasteiger partial charge in [0.1, 0.15) is 0 Å². The fourth-order valence-corrected chi connectivity index (χ4v) is 3.27. The minimum Gasteiger partial charge on any atom is -0.465 e. The SMILES string of the molecule is CCC(CC)C(=O)n1sc2cc(C(=O)OC)ccc2c1=O. The van der Waals surface area contributed by atoms with Crippen molar-refractivity contribution in [1.82, 2.24) is 3.96 Å². The molecule has 0 aliphatic rings. The van der Waals surface area contributed by atoms with E-state index in [4.69, 9.17) is 0 Å². The highest BCUT2D eigenvalue weighted by molar-refractivity contribution is 7.14. The monoisotopic (exact) mass is 307 g/mol. The molecular weight excluding hydrogens is 290 g/mol. The highest BCUT2D eigenvalue weighted by atomic mass is 32.1. The fourth-order valence-electron chi connectivity index (χ4n) is 2.22. The molecular formula is C15H17NO4S. The van der Waals surface area contributed by atoms with E-state index in [9.17, 15) is 14.4 Å². The minimum atomic E-state index is -0.462. The Balaban J connectivity index is 2.53. The maximum atomic E-state index is 12.4. The van der Waals surface area contributed by atoms with E-state index in [-0.39, 0.29) is 17.4 Å². The van der Waals surface area contributed by atoms with E-state index in [1.165, 1.54) is 17.1 Å². The van der Waals surface area contributed by atoms with Gasteiger partial charge in [-0.2, -0.15) is 3.96 Å². The first-order valence-electron chi connectivity index (χ1n) is 6.82. The number of carbonyl (C=O) groups is 2. The number of fused-ring (bicyclic) bond motifs is 1. The summed E-state index contributed by atoms with van der Waals surface area (Å²) in [7, 11) is 1.30. The molecule has 1 aromatic carbocycles. The van der Waals surface area contributed by atoms with Crippen LogP contribution in [0.15, 0.2) is 23.0 Å². The predicted molar refractivity (Wildman–Crippen MR) is 82.1 cm³/mol. The number of nitrogens with zero attached hydrogens (tertiary/aromatic N) is 1. The Morgan fingerprint density at radius 1 is 1.29 bits per heavy atom. The Kier molecular flexibility index (Phi) is 4.57. The second-order valence-corrected chi connectivity index (χ2v) is 5.73. The van der Waals surface area contributed by atoms with Crippen LogP contribution in [0.3, 0.4) is 0 Å². The molecule has 6 heteroatoms.